The van der Waals surface area contributed by atoms with Crippen molar-refractivity contribution >= 4 is 0 Å². The van der Waals surface area contributed by atoms with E-state index in [2.05, 4.69) is 6.92 Å². The first-order chi connectivity index (χ1) is 5.75. The molecule has 0 amide bonds. The molecule has 0 radical (unpaired) electrons. The van der Waals surface area contributed by atoms with Crippen LogP contribution in [0.1, 0.15) is 32.6 Å². The van der Waals surface area contributed by atoms with Gasteiger partial charge in [0.1, 0.15) is 0 Å². The monoisotopic (exact) mass is 170 g/mol. The lowest BCUT2D eigenvalue weighted by Gasteiger charge is -2.15. The van der Waals surface area contributed by atoms with Crippen molar-refractivity contribution in [3.05, 3.63) is 0 Å². The van der Waals surface area contributed by atoms with Gasteiger partial charge in [0.2, 0.25) is 0 Å². The summed E-state index contributed by atoms with van der Waals surface area (Å²) in [5, 5.41) is 9.80. The SMILES string of the molecule is CC1CC(C(O)CC2CC2)CO1. The van der Waals surface area contributed by atoms with Crippen molar-refractivity contribution in [2.24, 2.45) is 11.8 Å². The minimum atomic E-state index is -0.0950. The summed E-state index contributed by atoms with van der Waals surface area (Å²) in [6, 6.07) is 0. The molecule has 2 rings (SSSR count). The number of hydrogen-bond donors (Lipinski definition) is 1. The molecule has 70 valence electrons. The molecule has 2 aliphatic rings. The number of rotatable bonds is 3. The first-order valence-corrected chi connectivity index (χ1v) is 5.05. The van der Waals surface area contributed by atoms with Crippen LogP contribution in [0.2, 0.25) is 0 Å². The van der Waals surface area contributed by atoms with E-state index >= 15 is 0 Å². The molecule has 0 bridgehead atoms. The van der Waals surface area contributed by atoms with E-state index in [9.17, 15) is 5.11 Å². The maximum absolute atomic E-state index is 9.80. The van der Waals surface area contributed by atoms with Crippen LogP contribution >= 0.6 is 0 Å². The Balaban J connectivity index is 1.74. The number of aliphatic hydroxyl groups excluding tert-OH is 1. The lowest BCUT2D eigenvalue weighted by atomic mass is 9.95. The van der Waals surface area contributed by atoms with Gasteiger partial charge in [-0.2, -0.15) is 0 Å². The zero-order chi connectivity index (χ0) is 8.55. The van der Waals surface area contributed by atoms with Crippen LogP contribution in [-0.2, 0) is 4.74 Å². The molecule has 3 atom stereocenters. The van der Waals surface area contributed by atoms with E-state index in [0.717, 1.165) is 25.4 Å². The molecular formula is C10H18O2. The van der Waals surface area contributed by atoms with E-state index in [1.807, 2.05) is 0 Å². The maximum Gasteiger partial charge on any atom is 0.0594 e. The van der Waals surface area contributed by atoms with Crippen molar-refractivity contribution in [3.63, 3.8) is 0 Å². The van der Waals surface area contributed by atoms with Gasteiger partial charge in [0.15, 0.2) is 0 Å². The van der Waals surface area contributed by atoms with Gasteiger partial charge < -0.3 is 9.84 Å². The Kier molecular flexibility index (Phi) is 2.37. The second kappa shape index (κ2) is 3.35. The predicted molar refractivity (Wildman–Crippen MR) is 46.9 cm³/mol. The fraction of sp³-hybridized carbons (Fsp3) is 1.00. The first-order valence-electron chi connectivity index (χ1n) is 5.05. The van der Waals surface area contributed by atoms with Crippen molar-refractivity contribution in [2.75, 3.05) is 6.61 Å². The number of hydrogen-bond acceptors (Lipinski definition) is 2. The lowest BCUT2D eigenvalue weighted by molar-refractivity contribution is 0.0723. The average Bonchev–Trinajstić information content (AvgIpc) is 2.72. The standard InChI is InChI=1S/C10H18O2/c1-7-4-9(6-12-7)10(11)5-8-2-3-8/h7-11H,2-6H2,1H3. The summed E-state index contributed by atoms with van der Waals surface area (Å²) in [7, 11) is 0. The van der Waals surface area contributed by atoms with Crippen molar-refractivity contribution in [1.82, 2.24) is 0 Å². The molecule has 0 aromatic heterocycles. The van der Waals surface area contributed by atoms with Crippen LogP contribution in [0.3, 0.4) is 0 Å². The quantitative estimate of drug-likeness (QED) is 0.696. The van der Waals surface area contributed by atoms with Crippen LogP contribution in [0.25, 0.3) is 0 Å². The van der Waals surface area contributed by atoms with Crippen molar-refractivity contribution in [1.29, 1.82) is 0 Å². The van der Waals surface area contributed by atoms with Gasteiger partial charge in [-0.15, -0.1) is 0 Å². The van der Waals surface area contributed by atoms with Gasteiger partial charge >= 0.3 is 0 Å². The van der Waals surface area contributed by atoms with Gasteiger partial charge in [0.05, 0.1) is 18.8 Å². The molecule has 2 fully saturated rings. The molecule has 2 nitrogen and oxygen atoms in total. The smallest absolute Gasteiger partial charge is 0.0594 e. The average molecular weight is 170 g/mol. The molecule has 1 aliphatic heterocycles. The van der Waals surface area contributed by atoms with E-state index in [1.165, 1.54) is 12.8 Å². The van der Waals surface area contributed by atoms with Gasteiger partial charge in [-0.1, -0.05) is 12.8 Å². The topological polar surface area (TPSA) is 29.5 Å². The Morgan fingerprint density at radius 1 is 1.50 bits per heavy atom. The second-order valence-corrected chi connectivity index (χ2v) is 4.39. The summed E-state index contributed by atoms with van der Waals surface area (Å²) >= 11 is 0. The second-order valence-electron chi connectivity index (χ2n) is 4.39. The maximum atomic E-state index is 9.80. The molecular weight excluding hydrogens is 152 g/mol. The normalized spacial score (nSPS) is 38.5. The van der Waals surface area contributed by atoms with Crippen LogP contribution in [0.5, 0.6) is 0 Å². The molecule has 1 saturated heterocycles. The summed E-state index contributed by atoms with van der Waals surface area (Å²) in [6.45, 7) is 2.86. The Bertz CT molecular complexity index is 154. The molecule has 0 aromatic rings. The zero-order valence-electron chi connectivity index (χ0n) is 7.70. The van der Waals surface area contributed by atoms with E-state index in [4.69, 9.17) is 4.74 Å². The van der Waals surface area contributed by atoms with E-state index in [1.54, 1.807) is 0 Å². The minimum Gasteiger partial charge on any atom is -0.393 e. The summed E-state index contributed by atoms with van der Waals surface area (Å²) in [6.07, 6.45) is 5.00. The van der Waals surface area contributed by atoms with Crippen molar-refractivity contribution in [3.8, 4) is 0 Å². The summed E-state index contributed by atoms with van der Waals surface area (Å²) < 4.78 is 5.43. The van der Waals surface area contributed by atoms with Gasteiger partial charge in [-0.3, -0.25) is 0 Å². The summed E-state index contributed by atoms with van der Waals surface area (Å²) in [4.78, 5) is 0. The van der Waals surface area contributed by atoms with Crippen molar-refractivity contribution in [2.45, 2.75) is 44.8 Å². The number of ether oxygens (including phenoxy) is 1. The molecule has 2 heteroatoms. The zero-order valence-corrected chi connectivity index (χ0v) is 7.70. The molecule has 1 heterocycles. The van der Waals surface area contributed by atoms with Crippen LogP contribution < -0.4 is 0 Å². The number of aliphatic hydroxyl groups is 1. The third-order valence-electron chi connectivity index (χ3n) is 3.05. The highest BCUT2D eigenvalue weighted by molar-refractivity contribution is 4.83. The molecule has 0 aromatic carbocycles. The van der Waals surface area contributed by atoms with E-state index in [-0.39, 0.29) is 6.10 Å². The Morgan fingerprint density at radius 3 is 2.75 bits per heavy atom. The highest BCUT2D eigenvalue weighted by Crippen LogP contribution is 2.36. The first kappa shape index (κ1) is 8.52. The molecule has 1 saturated carbocycles. The fourth-order valence-corrected chi connectivity index (χ4v) is 2.01. The molecule has 3 unspecified atom stereocenters. The molecule has 1 N–H and O–H groups in total. The highest BCUT2D eigenvalue weighted by Gasteiger charge is 2.32. The van der Waals surface area contributed by atoms with Crippen LogP contribution in [0.4, 0.5) is 0 Å². The Labute approximate surface area is 73.9 Å². The van der Waals surface area contributed by atoms with Gasteiger partial charge in [0, 0.05) is 5.92 Å². The van der Waals surface area contributed by atoms with Crippen molar-refractivity contribution < 1.29 is 9.84 Å². The third kappa shape index (κ3) is 1.99. The molecule has 1 aliphatic carbocycles. The van der Waals surface area contributed by atoms with Gasteiger partial charge in [-0.25, -0.2) is 0 Å². The van der Waals surface area contributed by atoms with E-state index < -0.39 is 0 Å². The predicted octanol–water partition coefficient (Wildman–Crippen LogP) is 1.57. The lowest BCUT2D eigenvalue weighted by Crippen LogP contribution is -2.21. The Hall–Kier alpha value is -0.0800. The highest BCUT2D eigenvalue weighted by atomic mass is 16.5. The minimum absolute atomic E-state index is 0.0950. The Morgan fingerprint density at radius 2 is 2.25 bits per heavy atom. The molecule has 0 spiro atoms. The summed E-state index contributed by atoms with van der Waals surface area (Å²) in [5.74, 6) is 1.25. The van der Waals surface area contributed by atoms with Crippen LogP contribution in [0, 0.1) is 11.8 Å². The van der Waals surface area contributed by atoms with Gasteiger partial charge in [-0.05, 0) is 25.7 Å². The largest absolute Gasteiger partial charge is 0.393 e. The van der Waals surface area contributed by atoms with Gasteiger partial charge in [0.25, 0.3) is 0 Å². The van der Waals surface area contributed by atoms with E-state index in [0.29, 0.717) is 12.0 Å². The van der Waals surface area contributed by atoms with Crippen LogP contribution in [-0.4, -0.2) is 23.9 Å². The molecule has 12 heavy (non-hydrogen) atoms. The fourth-order valence-electron chi connectivity index (χ4n) is 2.01. The van der Waals surface area contributed by atoms with Crippen LogP contribution in [0.15, 0.2) is 0 Å². The third-order valence-corrected chi connectivity index (χ3v) is 3.05. The summed E-state index contributed by atoms with van der Waals surface area (Å²) in [5.41, 5.74) is 0.